The van der Waals surface area contributed by atoms with Crippen LogP contribution in [0.25, 0.3) is 0 Å². The second-order valence-corrected chi connectivity index (χ2v) is 4.69. The molecule has 5 heteroatoms. The van der Waals surface area contributed by atoms with Crippen molar-refractivity contribution in [3.8, 4) is 0 Å². The van der Waals surface area contributed by atoms with Gasteiger partial charge in [-0.1, -0.05) is 25.4 Å². The van der Waals surface area contributed by atoms with Crippen molar-refractivity contribution in [1.29, 1.82) is 0 Å². The maximum Gasteiger partial charge on any atom is 0.188 e. The van der Waals surface area contributed by atoms with Crippen LogP contribution in [0.1, 0.15) is 45.7 Å². The van der Waals surface area contributed by atoms with Gasteiger partial charge in [-0.15, -0.1) is 0 Å². The lowest BCUT2D eigenvalue weighted by Crippen LogP contribution is -2.33. The maximum atomic E-state index is 8.72. The minimum atomic E-state index is 0.0430. The zero-order valence-electron chi connectivity index (χ0n) is 12.0. The van der Waals surface area contributed by atoms with Crippen LogP contribution in [-0.4, -0.2) is 28.6 Å². The number of hydrogen-bond donors (Lipinski definition) is 2. The number of hydrogen-bond acceptors (Lipinski definition) is 4. The Morgan fingerprint density at radius 3 is 2.84 bits per heavy atom. The number of amidine groups is 1. The van der Waals surface area contributed by atoms with Crippen LogP contribution < -0.4 is 10.6 Å². The minimum absolute atomic E-state index is 0.0430. The summed E-state index contributed by atoms with van der Waals surface area (Å²) in [6.45, 7) is 7.57. The fourth-order valence-corrected chi connectivity index (χ4v) is 1.94. The summed E-state index contributed by atoms with van der Waals surface area (Å²) in [5.41, 5.74) is 7.16. The normalized spacial score (nSPS) is 13.3. The molecule has 1 aromatic heterocycles. The Kier molecular flexibility index (Phi) is 6.12. The summed E-state index contributed by atoms with van der Waals surface area (Å²) in [6, 6.07) is 4.29. The van der Waals surface area contributed by atoms with E-state index in [4.69, 9.17) is 10.9 Å². The van der Waals surface area contributed by atoms with Gasteiger partial charge < -0.3 is 15.8 Å². The van der Waals surface area contributed by atoms with E-state index in [1.54, 1.807) is 6.20 Å². The Hall–Kier alpha value is -1.78. The first-order valence-electron chi connectivity index (χ1n) is 6.84. The Morgan fingerprint density at radius 1 is 1.53 bits per heavy atom. The minimum Gasteiger partial charge on any atom is -0.409 e. The summed E-state index contributed by atoms with van der Waals surface area (Å²) in [6.07, 6.45) is 5.08. The zero-order chi connectivity index (χ0) is 14.3. The van der Waals surface area contributed by atoms with E-state index in [0.29, 0.717) is 11.7 Å². The van der Waals surface area contributed by atoms with Crippen LogP contribution in [0.2, 0.25) is 0 Å². The smallest absolute Gasteiger partial charge is 0.188 e. The van der Waals surface area contributed by atoms with Crippen LogP contribution in [0.5, 0.6) is 0 Å². The Labute approximate surface area is 115 Å². The molecule has 0 saturated heterocycles. The van der Waals surface area contributed by atoms with Crippen molar-refractivity contribution in [2.75, 3.05) is 11.4 Å². The SMILES string of the molecule is CCCCN(c1ccnc(C(N)=NO)c1)C(C)CC. The summed E-state index contributed by atoms with van der Waals surface area (Å²) in [5.74, 6) is 0.0430. The van der Waals surface area contributed by atoms with Gasteiger partial charge in [0.05, 0.1) is 0 Å². The predicted molar refractivity (Wildman–Crippen MR) is 78.8 cm³/mol. The number of rotatable bonds is 7. The molecule has 3 N–H and O–H groups in total. The van der Waals surface area contributed by atoms with Gasteiger partial charge in [0, 0.05) is 24.5 Å². The summed E-state index contributed by atoms with van der Waals surface area (Å²) in [7, 11) is 0. The summed E-state index contributed by atoms with van der Waals surface area (Å²) in [5, 5.41) is 11.7. The third-order valence-electron chi connectivity index (χ3n) is 3.32. The highest BCUT2D eigenvalue weighted by Gasteiger charge is 2.14. The molecule has 1 atom stereocenters. The number of oxime groups is 1. The van der Waals surface area contributed by atoms with Crippen LogP contribution in [0, 0.1) is 0 Å². The van der Waals surface area contributed by atoms with Crippen LogP contribution in [0.3, 0.4) is 0 Å². The van der Waals surface area contributed by atoms with Crippen LogP contribution in [0.15, 0.2) is 23.5 Å². The predicted octanol–water partition coefficient (Wildman–Crippen LogP) is 2.58. The molecule has 1 aromatic rings. The first kappa shape index (κ1) is 15.3. The monoisotopic (exact) mass is 264 g/mol. The lowest BCUT2D eigenvalue weighted by atomic mass is 10.1. The average molecular weight is 264 g/mol. The molecular formula is C14H24N4O. The van der Waals surface area contributed by atoms with E-state index in [9.17, 15) is 0 Å². The molecule has 0 saturated carbocycles. The highest BCUT2D eigenvalue weighted by Crippen LogP contribution is 2.19. The number of nitrogens with zero attached hydrogens (tertiary/aromatic N) is 3. The van der Waals surface area contributed by atoms with E-state index >= 15 is 0 Å². The Bertz CT molecular complexity index is 420. The van der Waals surface area contributed by atoms with Crippen molar-refractivity contribution in [3.63, 3.8) is 0 Å². The molecule has 0 aromatic carbocycles. The van der Waals surface area contributed by atoms with E-state index in [2.05, 4.69) is 35.8 Å². The maximum absolute atomic E-state index is 8.72. The third-order valence-corrected chi connectivity index (χ3v) is 3.32. The molecule has 0 fully saturated rings. The van der Waals surface area contributed by atoms with Crippen molar-refractivity contribution in [2.24, 2.45) is 10.9 Å². The van der Waals surface area contributed by atoms with Crippen molar-refractivity contribution < 1.29 is 5.21 Å². The molecule has 5 nitrogen and oxygen atoms in total. The lowest BCUT2D eigenvalue weighted by Gasteiger charge is -2.31. The molecule has 0 bridgehead atoms. The molecule has 0 radical (unpaired) electrons. The molecule has 1 unspecified atom stereocenters. The molecule has 0 amide bonds. The van der Waals surface area contributed by atoms with Gasteiger partial charge in [0.15, 0.2) is 5.84 Å². The highest BCUT2D eigenvalue weighted by atomic mass is 16.4. The van der Waals surface area contributed by atoms with E-state index in [-0.39, 0.29) is 5.84 Å². The molecule has 0 aliphatic heterocycles. The van der Waals surface area contributed by atoms with Gasteiger partial charge in [-0.3, -0.25) is 4.98 Å². The molecule has 1 heterocycles. The molecule has 106 valence electrons. The number of aromatic nitrogens is 1. The van der Waals surface area contributed by atoms with E-state index in [1.165, 1.54) is 0 Å². The number of unbranched alkanes of at least 4 members (excludes halogenated alkanes) is 1. The third kappa shape index (κ3) is 4.12. The van der Waals surface area contributed by atoms with Crippen LogP contribution in [0.4, 0.5) is 5.69 Å². The van der Waals surface area contributed by atoms with Crippen molar-refractivity contribution in [1.82, 2.24) is 4.98 Å². The van der Waals surface area contributed by atoms with Gasteiger partial charge in [0.25, 0.3) is 0 Å². The van der Waals surface area contributed by atoms with Crippen LogP contribution in [-0.2, 0) is 0 Å². The molecule has 0 spiro atoms. The van der Waals surface area contributed by atoms with Gasteiger partial charge >= 0.3 is 0 Å². The molecular weight excluding hydrogens is 240 g/mol. The lowest BCUT2D eigenvalue weighted by molar-refractivity contribution is 0.318. The van der Waals surface area contributed by atoms with Gasteiger partial charge in [0.2, 0.25) is 0 Å². The van der Waals surface area contributed by atoms with E-state index in [0.717, 1.165) is 31.5 Å². The van der Waals surface area contributed by atoms with Gasteiger partial charge in [-0.2, -0.15) is 0 Å². The van der Waals surface area contributed by atoms with Gasteiger partial charge in [-0.05, 0) is 31.9 Å². The van der Waals surface area contributed by atoms with Crippen molar-refractivity contribution in [3.05, 3.63) is 24.0 Å². The second kappa shape index (κ2) is 7.61. The Balaban J connectivity index is 3.01. The fourth-order valence-electron chi connectivity index (χ4n) is 1.94. The number of anilines is 1. The molecule has 0 aliphatic carbocycles. The molecule has 0 aliphatic rings. The summed E-state index contributed by atoms with van der Waals surface area (Å²) >= 11 is 0. The van der Waals surface area contributed by atoms with E-state index in [1.807, 2.05) is 12.1 Å². The van der Waals surface area contributed by atoms with Gasteiger partial charge in [-0.25, -0.2) is 0 Å². The first-order chi connectivity index (χ1) is 9.13. The van der Waals surface area contributed by atoms with Gasteiger partial charge in [0.1, 0.15) is 5.69 Å². The molecule has 1 rings (SSSR count). The first-order valence-corrected chi connectivity index (χ1v) is 6.84. The molecule has 19 heavy (non-hydrogen) atoms. The topological polar surface area (TPSA) is 74.7 Å². The van der Waals surface area contributed by atoms with Crippen molar-refractivity contribution >= 4 is 11.5 Å². The summed E-state index contributed by atoms with van der Waals surface area (Å²) < 4.78 is 0. The number of pyridine rings is 1. The quantitative estimate of drug-likeness (QED) is 0.343. The average Bonchev–Trinajstić information content (AvgIpc) is 2.46. The zero-order valence-corrected chi connectivity index (χ0v) is 12.0. The number of nitrogens with two attached hydrogens (primary N) is 1. The standard InChI is InChI=1S/C14H24N4O/c1-4-6-9-18(11(3)5-2)12-7-8-16-13(10-12)14(15)17-19/h7-8,10-11,19H,4-6,9H2,1-3H3,(H2,15,17). The highest BCUT2D eigenvalue weighted by molar-refractivity contribution is 5.95. The fraction of sp³-hybridized carbons (Fsp3) is 0.571. The summed E-state index contributed by atoms with van der Waals surface area (Å²) in [4.78, 5) is 6.46. The van der Waals surface area contributed by atoms with E-state index < -0.39 is 0 Å². The second-order valence-electron chi connectivity index (χ2n) is 4.69. The largest absolute Gasteiger partial charge is 0.409 e. The van der Waals surface area contributed by atoms with Crippen LogP contribution >= 0.6 is 0 Å². The van der Waals surface area contributed by atoms with Crippen molar-refractivity contribution in [2.45, 2.75) is 46.1 Å². The Morgan fingerprint density at radius 2 is 2.26 bits per heavy atom.